The molecule has 0 aliphatic rings. The minimum atomic E-state index is -0.806. The smallest absolute Gasteiger partial charge is 0.127 e. The molecule has 1 aromatic carbocycles. The Kier molecular flexibility index (Phi) is 3.99. The molecule has 0 radical (unpaired) electrons. The molecule has 0 fully saturated rings. The fourth-order valence-corrected chi connectivity index (χ4v) is 2.00. The highest BCUT2D eigenvalue weighted by molar-refractivity contribution is 6.31. The topological polar surface area (TPSA) is 38.0 Å². The third kappa shape index (κ3) is 2.71. The van der Waals surface area contributed by atoms with Crippen LogP contribution in [-0.2, 0) is 13.0 Å². The Labute approximate surface area is 110 Å². The molecule has 2 rings (SSSR count). The zero-order chi connectivity index (χ0) is 13.1. The van der Waals surface area contributed by atoms with Crippen molar-refractivity contribution in [2.75, 3.05) is 0 Å². The molecular formula is C13H14ClFN2O. The molecule has 0 aliphatic heterocycles. The van der Waals surface area contributed by atoms with Crippen molar-refractivity contribution in [1.29, 1.82) is 0 Å². The van der Waals surface area contributed by atoms with Gasteiger partial charge in [-0.15, -0.1) is 0 Å². The maximum absolute atomic E-state index is 13.6. The van der Waals surface area contributed by atoms with E-state index in [1.54, 1.807) is 29.2 Å². The lowest BCUT2D eigenvalue weighted by Gasteiger charge is -2.10. The average molecular weight is 269 g/mol. The minimum absolute atomic E-state index is 0.140. The number of aliphatic hydroxyl groups excluding tert-OH is 1. The first kappa shape index (κ1) is 13.1. The third-order valence-corrected chi connectivity index (χ3v) is 3.18. The molecule has 0 amide bonds. The Morgan fingerprint density at radius 2 is 2.28 bits per heavy atom. The van der Waals surface area contributed by atoms with Crippen LogP contribution in [0.1, 0.15) is 24.2 Å². The Balaban J connectivity index is 2.18. The van der Waals surface area contributed by atoms with E-state index in [1.807, 2.05) is 6.92 Å². The van der Waals surface area contributed by atoms with E-state index in [0.717, 1.165) is 6.54 Å². The number of halogens is 2. The second-order valence-corrected chi connectivity index (χ2v) is 4.46. The molecule has 2 aromatic rings. The summed E-state index contributed by atoms with van der Waals surface area (Å²) in [5.41, 5.74) is 0.993. The van der Waals surface area contributed by atoms with E-state index >= 15 is 0 Å². The summed E-state index contributed by atoms with van der Waals surface area (Å²) in [5.74, 6) is -0.399. The molecule has 18 heavy (non-hydrogen) atoms. The fraction of sp³-hybridized carbons (Fsp3) is 0.308. The maximum atomic E-state index is 13.6. The second kappa shape index (κ2) is 5.50. The van der Waals surface area contributed by atoms with Gasteiger partial charge in [0.25, 0.3) is 0 Å². The summed E-state index contributed by atoms with van der Waals surface area (Å²) >= 11 is 5.92. The van der Waals surface area contributed by atoms with Crippen molar-refractivity contribution in [3.8, 4) is 0 Å². The molecule has 5 heteroatoms. The van der Waals surface area contributed by atoms with Crippen LogP contribution in [0.2, 0.25) is 5.02 Å². The average Bonchev–Trinajstić information content (AvgIpc) is 2.82. The van der Waals surface area contributed by atoms with Gasteiger partial charge in [0.15, 0.2) is 0 Å². The first-order valence-electron chi connectivity index (χ1n) is 5.75. The van der Waals surface area contributed by atoms with Crippen molar-refractivity contribution in [2.45, 2.75) is 26.0 Å². The number of aliphatic hydroxyl groups is 1. The molecule has 0 spiro atoms. The van der Waals surface area contributed by atoms with E-state index in [4.69, 9.17) is 11.6 Å². The zero-order valence-electron chi connectivity index (χ0n) is 9.98. The summed E-state index contributed by atoms with van der Waals surface area (Å²) in [6, 6.07) is 4.49. The molecule has 0 aliphatic carbocycles. The van der Waals surface area contributed by atoms with Gasteiger partial charge in [0.05, 0.1) is 12.3 Å². The van der Waals surface area contributed by atoms with Gasteiger partial charge in [-0.05, 0) is 19.1 Å². The Hall–Kier alpha value is -1.39. The van der Waals surface area contributed by atoms with E-state index in [9.17, 15) is 9.50 Å². The summed E-state index contributed by atoms with van der Waals surface area (Å²) in [6.07, 6.45) is 2.67. The second-order valence-electron chi connectivity index (χ2n) is 4.05. The highest BCUT2D eigenvalue weighted by Crippen LogP contribution is 2.25. The van der Waals surface area contributed by atoms with Gasteiger partial charge in [0, 0.05) is 35.3 Å². The maximum Gasteiger partial charge on any atom is 0.127 e. The predicted octanol–water partition coefficient (Wildman–Crippen LogP) is 2.97. The monoisotopic (exact) mass is 268 g/mol. The van der Waals surface area contributed by atoms with E-state index < -0.39 is 11.9 Å². The standard InChI is InChI=1S/C13H14ClFN2O/c1-2-17-8-9(7-16-17)13(18)6-10-11(14)4-3-5-12(10)15/h3-5,7-8,13,18H,2,6H2,1H3. The molecule has 1 heterocycles. The molecule has 1 N–H and O–H groups in total. The van der Waals surface area contributed by atoms with Crippen molar-refractivity contribution in [3.63, 3.8) is 0 Å². The highest BCUT2D eigenvalue weighted by Gasteiger charge is 2.15. The molecule has 3 nitrogen and oxygen atoms in total. The van der Waals surface area contributed by atoms with Crippen molar-refractivity contribution in [2.24, 2.45) is 0 Å². The molecular weight excluding hydrogens is 255 g/mol. The van der Waals surface area contributed by atoms with E-state index in [-0.39, 0.29) is 6.42 Å². The third-order valence-electron chi connectivity index (χ3n) is 2.82. The minimum Gasteiger partial charge on any atom is -0.388 e. The van der Waals surface area contributed by atoms with Crippen LogP contribution in [0.25, 0.3) is 0 Å². The van der Waals surface area contributed by atoms with Crippen LogP contribution in [0.5, 0.6) is 0 Å². The van der Waals surface area contributed by atoms with E-state index in [1.165, 1.54) is 6.07 Å². The van der Waals surface area contributed by atoms with Gasteiger partial charge in [-0.3, -0.25) is 4.68 Å². The summed E-state index contributed by atoms with van der Waals surface area (Å²) in [4.78, 5) is 0. The lowest BCUT2D eigenvalue weighted by molar-refractivity contribution is 0.177. The van der Waals surface area contributed by atoms with Crippen LogP contribution < -0.4 is 0 Å². The van der Waals surface area contributed by atoms with Crippen LogP contribution in [0, 0.1) is 5.82 Å². The van der Waals surface area contributed by atoms with Crippen molar-refractivity contribution in [1.82, 2.24) is 9.78 Å². The first-order valence-corrected chi connectivity index (χ1v) is 6.13. The Morgan fingerprint density at radius 1 is 1.50 bits per heavy atom. The van der Waals surface area contributed by atoms with E-state index in [0.29, 0.717) is 16.1 Å². The fourth-order valence-electron chi connectivity index (χ4n) is 1.76. The number of nitrogens with zero attached hydrogens (tertiary/aromatic N) is 2. The Morgan fingerprint density at radius 3 is 2.89 bits per heavy atom. The lowest BCUT2D eigenvalue weighted by Crippen LogP contribution is -2.03. The van der Waals surface area contributed by atoms with Gasteiger partial charge >= 0.3 is 0 Å². The van der Waals surface area contributed by atoms with Gasteiger partial charge < -0.3 is 5.11 Å². The van der Waals surface area contributed by atoms with Crippen LogP contribution in [-0.4, -0.2) is 14.9 Å². The van der Waals surface area contributed by atoms with Gasteiger partial charge in [-0.1, -0.05) is 17.7 Å². The predicted molar refractivity (Wildman–Crippen MR) is 68.0 cm³/mol. The molecule has 1 aromatic heterocycles. The molecule has 96 valence electrons. The molecule has 0 saturated heterocycles. The van der Waals surface area contributed by atoms with E-state index in [2.05, 4.69) is 5.10 Å². The number of benzene rings is 1. The van der Waals surface area contributed by atoms with Crippen LogP contribution in [0.3, 0.4) is 0 Å². The zero-order valence-corrected chi connectivity index (χ0v) is 10.7. The number of hydrogen-bond acceptors (Lipinski definition) is 2. The number of aromatic nitrogens is 2. The quantitative estimate of drug-likeness (QED) is 0.926. The Bertz CT molecular complexity index is 521. The van der Waals surface area contributed by atoms with Crippen molar-refractivity contribution >= 4 is 11.6 Å². The number of rotatable bonds is 4. The normalized spacial score (nSPS) is 12.7. The van der Waals surface area contributed by atoms with Gasteiger partial charge in [0.1, 0.15) is 5.82 Å². The highest BCUT2D eigenvalue weighted by atomic mass is 35.5. The number of hydrogen-bond donors (Lipinski definition) is 1. The summed E-state index contributed by atoms with van der Waals surface area (Å²) < 4.78 is 15.3. The van der Waals surface area contributed by atoms with Gasteiger partial charge in [-0.25, -0.2) is 4.39 Å². The van der Waals surface area contributed by atoms with Crippen molar-refractivity contribution < 1.29 is 9.50 Å². The number of aryl methyl sites for hydroxylation is 1. The molecule has 0 bridgehead atoms. The molecule has 0 saturated carbocycles. The van der Waals surface area contributed by atoms with Crippen LogP contribution in [0.4, 0.5) is 4.39 Å². The lowest BCUT2D eigenvalue weighted by atomic mass is 10.0. The van der Waals surface area contributed by atoms with Crippen LogP contribution >= 0.6 is 11.6 Å². The molecule has 1 unspecified atom stereocenters. The van der Waals surface area contributed by atoms with Crippen molar-refractivity contribution in [3.05, 3.63) is 52.6 Å². The summed E-state index contributed by atoms with van der Waals surface area (Å²) in [6.45, 7) is 2.68. The first-order chi connectivity index (χ1) is 8.61. The van der Waals surface area contributed by atoms with Gasteiger partial charge in [0.2, 0.25) is 0 Å². The SMILES string of the molecule is CCn1cc(C(O)Cc2c(F)cccc2Cl)cn1. The summed E-state index contributed by atoms with van der Waals surface area (Å²) in [5, 5.41) is 14.5. The summed E-state index contributed by atoms with van der Waals surface area (Å²) in [7, 11) is 0. The molecule has 1 atom stereocenters. The van der Waals surface area contributed by atoms with Crippen LogP contribution in [0.15, 0.2) is 30.6 Å². The van der Waals surface area contributed by atoms with Gasteiger partial charge in [-0.2, -0.15) is 5.10 Å². The largest absolute Gasteiger partial charge is 0.388 e.